The molecular weight excluding hydrogens is 368 g/mol. The second-order valence-electron chi connectivity index (χ2n) is 7.27. The molecule has 0 saturated carbocycles. The van der Waals surface area contributed by atoms with Crippen molar-refractivity contribution in [3.05, 3.63) is 58.4 Å². The van der Waals surface area contributed by atoms with Crippen LogP contribution in [0.2, 0.25) is 0 Å². The van der Waals surface area contributed by atoms with Crippen LogP contribution in [0, 0.1) is 0 Å². The Hall–Kier alpha value is -3.68. The summed E-state index contributed by atoms with van der Waals surface area (Å²) in [5.41, 5.74) is 5.91. The van der Waals surface area contributed by atoms with Gasteiger partial charge in [-0.15, -0.1) is 0 Å². The fourth-order valence-electron chi connectivity index (χ4n) is 3.90. The van der Waals surface area contributed by atoms with Crippen molar-refractivity contribution in [1.82, 2.24) is 20.2 Å². The summed E-state index contributed by atoms with van der Waals surface area (Å²) in [6.45, 7) is 2.62. The first-order chi connectivity index (χ1) is 14.2. The Morgan fingerprint density at radius 2 is 2.07 bits per heavy atom. The molecule has 0 spiro atoms. The van der Waals surface area contributed by atoms with Gasteiger partial charge in [-0.05, 0) is 47.4 Å². The summed E-state index contributed by atoms with van der Waals surface area (Å²) in [5, 5.41) is 9.57. The summed E-state index contributed by atoms with van der Waals surface area (Å²) in [6.07, 6.45) is 7.50. The molecule has 8 heteroatoms. The van der Waals surface area contributed by atoms with Gasteiger partial charge in [-0.1, -0.05) is 6.08 Å². The minimum absolute atomic E-state index is 0.0309. The van der Waals surface area contributed by atoms with Gasteiger partial charge in [-0.2, -0.15) is 0 Å². The van der Waals surface area contributed by atoms with E-state index in [0.717, 1.165) is 47.6 Å². The summed E-state index contributed by atoms with van der Waals surface area (Å²) in [5.74, 6) is 1.47. The molecule has 4 heterocycles. The summed E-state index contributed by atoms with van der Waals surface area (Å²) < 4.78 is 0. The summed E-state index contributed by atoms with van der Waals surface area (Å²) >= 11 is 0. The highest BCUT2D eigenvalue weighted by Crippen LogP contribution is 2.33. The lowest BCUT2D eigenvalue weighted by atomic mass is 9.95. The van der Waals surface area contributed by atoms with Crippen LogP contribution in [0.5, 0.6) is 0 Å². The first-order valence-corrected chi connectivity index (χ1v) is 9.57. The van der Waals surface area contributed by atoms with Gasteiger partial charge in [-0.3, -0.25) is 9.59 Å². The number of carbonyl (C=O) groups excluding carboxylic acids is 2. The van der Waals surface area contributed by atoms with E-state index in [1.807, 2.05) is 18.2 Å². The number of aromatic nitrogens is 2. The molecule has 29 heavy (non-hydrogen) atoms. The van der Waals surface area contributed by atoms with Crippen LogP contribution in [-0.2, 0) is 11.3 Å². The predicted octanol–water partition coefficient (Wildman–Crippen LogP) is 2.06. The van der Waals surface area contributed by atoms with Crippen molar-refractivity contribution >= 4 is 35.7 Å². The molecule has 1 aromatic carbocycles. The molecule has 3 N–H and O–H groups in total. The molecule has 2 aromatic rings. The standard InChI is InChI=1S/C21H20N6O2/c28-12-27-5-3-13(4-6-27)14-8-18-19(22-9-14)24-11-25-20(18)26-16-1-2-17-15(7-16)10-23-21(17)29/h1-3,7-8,11-12H,4-6,9-10H2,(H,23,29)(H2,22,24,25,26). The van der Waals surface area contributed by atoms with Crippen molar-refractivity contribution < 1.29 is 9.59 Å². The molecule has 8 nitrogen and oxygen atoms in total. The zero-order chi connectivity index (χ0) is 19.8. The van der Waals surface area contributed by atoms with Gasteiger partial charge in [-0.25, -0.2) is 9.97 Å². The molecule has 0 bridgehead atoms. The van der Waals surface area contributed by atoms with E-state index in [2.05, 4.69) is 38.1 Å². The van der Waals surface area contributed by atoms with Crippen molar-refractivity contribution in [1.29, 1.82) is 0 Å². The Bertz CT molecular complexity index is 1070. The van der Waals surface area contributed by atoms with Crippen LogP contribution in [0.1, 0.15) is 27.9 Å². The van der Waals surface area contributed by atoms with Gasteiger partial charge in [0.25, 0.3) is 5.91 Å². The molecular formula is C21H20N6O2. The molecule has 0 saturated heterocycles. The lowest BCUT2D eigenvalue weighted by Gasteiger charge is -2.26. The van der Waals surface area contributed by atoms with Gasteiger partial charge < -0.3 is 20.9 Å². The largest absolute Gasteiger partial charge is 0.365 e. The first-order valence-electron chi connectivity index (χ1n) is 9.57. The van der Waals surface area contributed by atoms with Crippen molar-refractivity contribution in [3.8, 4) is 0 Å². The Morgan fingerprint density at radius 1 is 1.14 bits per heavy atom. The first kappa shape index (κ1) is 17.4. The monoisotopic (exact) mass is 388 g/mol. The quantitative estimate of drug-likeness (QED) is 0.694. The van der Waals surface area contributed by atoms with Gasteiger partial charge >= 0.3 is 0 Å². The van der Waals surface area contributed by atoms with Crippen LogP contribution in [0.25, 0.3) is 6.08 Å². The average Bonchev–Trinajstić information content (AvgIpc) is 3.14. The van der Waals surface area contributed by atoms with E-state index in [0.29, 0.717) is 25.5 Å². The number of nitrogens with one attached hydrogen (secondary N) is 3. The predicted molar refractivity (Wildman–Crippen MR) is 110 cm³/mol. The molecule has 3 aliphatic heterocycles. The Labute approximate surface area is 167 Å². The second kappa shape index (κ2) is 7.05. The number of nitrogens with zero attached hydrogens (tertiary/aromatic N) is 3. The molecule has 3 aliphatic rings. The minimum atomic E-state index is -0.0309. The van der Waals surface area contributed by atoms with Crippen molar-refractivity contribution in [2.45, 2.75) is 13.0 Å². The number of fused-ring (bicyclic) bond motifs is 2. The molecule has 2 amide bonds. The third-order valence-electron chi connectivity index (χ3n) is 5.50. The normalized spacial score (nSPS) is 17.4. The van der Waals surface area contributed by atoms with E-state index in [1.54, 1.807) is 4.90 Å². The maximum absolute atomic E-state index is 11.8. The van der Waals surface area contributed by atoms with Crippen molar-refractivity contribution in [2.24, 2.45) is 0 Å². The van der Waals surface area contributed by atoms with E-state index < -0.39 is 0 Å². The van der Waals surface area contributed by atoms with Gasteiger partial charge in [0.05, 0.1) is 5.56 Å². The third-order valence-corrected chi connectivity index (χ3v) is 5.50. The molecule has 0 radical (unpaired) electrons. The zero-order valence-electron chi connectivity index (χ0n) is 15.7. The molecule has 0 aliphatic carbocycles. The second-order valence-corrected chi connectivity index (χ2v) is 7.27. The van der Waals surface area contributed by atoms with Gasteiger partial charge in [0.2, 0.25) is 6.41 Å². The van der Waals surface area contributed by atoms with Crippen LogP contribution in [0.4, 0.5) is 17.3 Å². The summed E-state index contributed by atoms with van der Waals surface area (Å²) in [4.78, 5) is 33.3. The number of rotatable bonds is 4. The SMILES string of the molecule is O=CN1CC=C(C2=Cc3c(ncnc3Nc3ccc4c(c3)CNC4=O)NC2)CC1. The smallest absolute Gasteiger partial charge is 0.251 e. The maximum atomic E-state index is 11.8. The fourth-order valence-corrected chi connectivity index (χ4v) is 3.90. The molecule has 146 valence electrons. The number of carbonyl (C=O) groups is 2. The zero-order valence-corrected chi connectivity index (χ0v) is 15.7. The lowest BCUT2D eigenvalue weighted by Crippen LogP contribution is -2.28. The Kier molecular flexibility index (Phi) is 4.23. The van der Waals surface area contributed by atoms with E-state index in [-0.39, 0.29) is 5.91 Å². The minimum Gasteiger partial charge on any atom is -0.365 e. The summed E-state index contributed by atoms with van der Waals surface area (Å²) in [6, 6.07) is 5.69. The van der Waals surface area contributed by atoms with E-state index >= 15 is 0 Å². The summed E-state index contributed by atoms with van der Waals surface area (Å²) in [7, 11) is 0. The maximum Gasteiger partial charge on any atom is 0.251 e. The fraction of sp³-hybridized carbons (Fsp3) is 0.238. The number of benzene rings is 1. The van der Waals surface area contributed by atoms with Crippen LogP contribution >= 0.6 is 0 Å². The van der Waals surface area contributed by atoms with Crippen LogP contribution in [-0.4, -0.2) is 46.8 Å². The van der Waals surface area contributed by atoms with E-state index in [1.165, 1.54) is 17.5 Å². The van der Waals surface area contributed by atoms with E-state index in [4.69, 9.17) is 0 Å². The van der Waals surface area contributed by atoms with Crippen molar-refractivity contribution in [2.75, 3.05) is 30.3 Å². The highest BCUT2D eigenvalue weighted by molar-refractivity contribution is 5.98. The highest BCUT2D eigenvalue weighted by atomic mass is 16.2. The van der Waals surface area contributed by atoms with Crippen molar-refractivity contribution in [3.63, 3.8) is 0 Å². The molecule has 0 fully saturated rings. The molecule has 0 unspecified atom stereocenters. The highest BCUT2D eigenvalue weighted by Gasteiger charge is 2.21. The topological polar surface area (TPSA) is 99.2 Å². The number of hydrogen-bond donors (Lipinski definition) is 3. The number of anilines is 3. The average molecular weight is 388 g/mol. The Morgan fingerprint density at radius 3 is 2.90 bits per heavy atom. The lowest BCUT2D eigenvalue weighted by molar-refractivity contribution is -0.117. The molecule has 1 aromatic heterocycles. The van der Waals surface area contributed by atoms with Crippen LogP contribution < -0.4 is 16.0 Å². The number of amides is 2. The van der Waals surface area contributed by atoms with Crippen LogP contribution in [0.15, 0.2) is 41.7 Å². The van der Waals surface area contributed by atoms with E-state index in [9.17, 15) is 9.59 Å². The molecule has 5 rings (SSSR count). The Balaban J connectivity index is 1.44. The molecule has 0 atom stereocenters. The number of hydrogen-bond acceptors (Lipinski definition) is 6. The third kappa shape index (κ3) is 3.22. The van der Waals surface area contributed by atoms with Gasteiger partial charge in [0.1, 0.15) is 18.0 Å². The van der Waals surface area contributed by atoms with Crippen LogP contribution in [0.3, 0.4) is 0 Å². The van der Waals surface area contributed by atoms with Gasteiger partial charge in [0, 0.05) is 37.4 Å². The van der Waals surface area contributed by atoms with Gasteiger partial charge in [0.15, 0.2) is 0 Å².